The SMILES string of the molecule is Cc1ccc(Oc2ccccc2NN)c(O)c1. The van der Waals surface area contributed by atoms with E-state index in [1.54, 1.807) is 24.3 Å². The van der Waals surface area contributed by atoms with E-state index in [4.69, 9.17) is 10.6 Å². The summed E-state index contributed by atoms with van der Waals surface area (Å²) in [5.41, 5.74) is 4.17. The van der Waals surface area contributed by atoms with E-state index >= 15 is 0 Å². The first-order chi connectivity index (χ1) is 8.20. The molecule has 17 heavy (non-hydrogen) atoms. The van der Waals surface area contributed by atoms with Crippen molar-refractivity contribution in [2.45, 2.75) is 6.92 Å². The van der Waals surface area contributed by atoms with E-state index in [9.17, 15) is 5.11 Å². The lowest BCUT2D eigenvalue weighted by atomic mass is 10.2. The molecule has 2 aromatic carbocycles. The van der Waals surface area contributed by atoms with Gasteiger partial charge in [-0.05, 0) is 36.8 Å². The largest absolute Gasteiger partial charge is 0.504 e. The Morgan fingerprint density at radius 1 is 1.12 bits per heavy atom. The molecular weight excluding hydrogens is 216 g/mol. The number of nitrogens with one attached hydrogen (secondary N) is 1. The van der Waals surface area contributed by atoms with Crippen molar-refractivity contribution in [3.8, 4) is 17.2 Å². The summed E-state index contributed by atoms with van der Waals surface area (Å²) in [5, 5.41) is 9.74. The van der Waals surface area contributed by atoms with Crippen molar-refractivity contribution >= 4 is 5.69 Å². The first-order valence-electron chi connectivity index (χ1n) is 5.24. The fraction of sp³-hybridized carbons (Fsp3) is 0.0769. The maximum absolute atomic E-state index is 9.74. The molecule has 2 aromatic rings. The second kappa shape index (κ2) is 4.76. The molecule has 0 spiro atoms. The molecule has 4 heteroatoms. The second-order valence-electron chi connectivity index (χ2n) is 3.71. The summed E-state index contributed by atoms with van der Waals surface area (Å²) in [6.07, 6.45) is 0. The van der Waals surface area contributed by atoms with Gasteiger partial charge in [0.15, 0.2) is 17.2 Å². The first-order valence-corrected chi connectivity index (χ1v) is 5.24. The fourth-order valence-corrected chi connectivity index (χ4v) is 1.51. The fourth-order valence-electron chi connectivity index (χ4n) is 1.51. The van der Waals surface area contributed by atoms with Crippen LogP contribution in [0.1, 0.15) is 5.56 Å². The number of aryl methyl sites for hydroxylation is 1. The monoisotopic (exact) mass is 230 g/mol. The maximum atomic E-state index is 9.74. The lowest BCUT2D eigenvalue weighted by molar-refractivity contribution is 0.412. The van der Waals surface area contributed by atoms with Crippen molar-refractivity contribution < 1.29 is 9.84 Å². The van der Waals surface area contributed by atoms with Crippen LogP contribution in [0.25, 0.3) is 0 Å². The molecule has 0 bridgehead atoms. The van der Waals surface area contributed by atoms with Gasteiger partial charge in [0.05, 0.1) is 5.69 Å². The summed E-state index contributed by atoms with van der Waals surface area (Å²) in [4.78, 5) is 0. The highest BCUT2D eigenvalue weighted by Gasteiger charge is 2.06. The number of ether oxygens (including phenoxy) is 1. The van der Waals surface area contributed by atoms with Crippen molar-refractivity contribution in [2.75, 3.05) is 5.43 Å². The van der Waals surface area contributed by atoms with Gasteiger partial charge in [0.25, 0.3) is 0 Å². The smallest absolute Gasteiger partial charge is 0.169 e. The molecule has 0 saturated heterocycles. The Hall–Kier alpha value is -2.20. The molecule has 0 aliphatic heterocycles. The van der Waals surface area contributed by atoms with Crippen LogP contribution in [-0.2, 0) is 0 Å². The normalized spacial score (nSPS) is 10.0. The van der Waals surface area contributed by atoms with Crippen LogP contribution in [0.15, 0.2) is 42.5 Å². The summed E-state index contributed by atoms with van der Waals surface area (Å²) in [7, 11) is 0. The number of hydrogen-bond acceptors (Lipinski definition) is 4. The third-order valence-corrected chi connectivity index (χ3v) is 2.38. The van der Waals surface area contributed by atoms with Gasteiger partial charge in [-0.25, -0.2) is 0 Å². The van der Waals surface area contributed by atoms with Crippen LogP contribution < -0.4 is 16.0 Å². The zero-order chi connectivity index (χ0) is 12.3. The summed E-state index contributed by atoms with van der Waals surface area (Å²) >= 11 is 0. The zero-order valence-corrected chi connectivity index (χ0v) is 9.47. The van der Waals surface area contributed by atoms with Gasteiger partial charge in [-0.15, -0.1) is 0 Å². The number of benzene rings is 2. The zero-order valence-electron chi connectivity index (χ0n) is 9.47. The Kier molecular flexibility index (Phi) is 3.16. The van der Waals surface area contributed by atoms with Crippen LogP contribution in [0.4, 0.5) is 5.69 Å². The van der Waals surface area contributed by atoms with Gasteiger partial charge in [-0.3, -0.25) is 5.84 Å². The Bertz CT molecular complexity index is 527. The molecule has 0 saturated carbocycles. The predicted molar refractivity (Wildman–Crippen MR) is 67.2 cm³/mol. The Morgan fingerprint density at radius 2 is 1.88 bits per heavy atom. The molecule has 0 amide bonds. The predicted octanol–water partition coefficient (Wildman–Crippen LogP) is 2.78. The Labute approximate surface area is 99.6 Å². The van der Waals surface area contributed by atoms with Crippen LogP contribution in [0.5, 0.6) is 17.2 Å². The minimum Gasteiger partial charge on any atom is -0.504 e. The van der Waals surface area contributed by atoms with E-state index in [1.165, 1.54) is 0 Å². The molecule has 0 aliphatic carbocycles. The molecule has 0 atom stereocenters. The van der Waals surface area contributed by atoms with E-state index in [2.05, 4.69) is 5.43 Å². The van der Waals surface area contributed by atoms with Gasteiger partial charge >= 0.3 is 0 Å². The van der Waals surface area contributed by atoms with Crippen molar-refractivity contribution in [1.29, 1.82) is 0 Å². The number of hydrogen-bond donors (Lipinski definition) is 3. The molecular formula is C13H14N2O2. The van der Waals surface area contributed by atoms with Gasteiger partial charge < -0.3 is 15.3 Å². The molecule has 0 aromatic heterocycles. The maximum Gasteiger partial charge on any atom is 0.169 e. The lowest BCUT2D eigenvalue weighted by Gasteiger charge is -2.11. The first kappa shape index (κ1) is 11.3. The van der Waals surface area contributed by atoms with E-state index in [0.29, 0.717) is 17.2 Å². The molecule has 2 rings (SSSR count). The highest BCUT2D eigenvalue weighted by atomic mass is 16.5. The number of aromatic hydroxyl groups is 1. The van der Waals surface area contributed by atoms with Gasteiger partial charge in [-0.2, -0.15) is 0 Å². The van der Waals surface area contributed by atoms with Crippen LogP contribution in [-0.4, -0.2) is 5.11 Å². The van der Waals surface area contributed by atoms with Gasteiger partial charge in [0.2, 0.25) is 0 Å². The quantitative estimate of drug-likeness (QED) is 0.560. The van der Waals surface area contributed by atoms with Gasteiger partial charge in [-0.1, -0.05) is 18.2 Å². The number of rotatable bonds is 3. The second-order valence-corrected chi connectivity index (χ2v) is 3.71. The topological polar surface area (TPSA) is 67.5 Å². The summed E-state index contributed by atoms with van der Waals surface area (Å²) < 4.78 is 5.59. The third kappa shape index (κ3) is 2.49. The van der Waals surface area contributed by atoms with Crippen molar-refractivity contribution in [3.63, 3.8) is 0 Å². The molecule has 0 radical (unpaired) electrons. The number of nitrogen functional groups attached to an aromatic ring is 1. The van der Waals surface area contributed by atoms with Crippen molar-refractivity contribution in [1.82, 2.24) is 0 Å². The summed E-state index contributed by atoms with van der Waals surface area (Å²) in [6, 6.07) is 12.5. The van der Waals surface area contributed by atoms with E-state index < -0.39 is 0 Å². The van der Waals surface area contributed by atoms with Gasteiger partial charge in [0, 0.05) is 0 Å². The van der Waals surface area contributed by atoms with E-state index in [1.807, 2.05) is 25.1 Å². The Balaban J connectivity index is 2.31. The average Bonchev–Trinajstić information content (AvgIpc) is 2.33. The third-order valence-electron chi connectivity index (χ3n) is 2.38. The summed E-state index contributed by atoms with van der Waals surface area (Å²) in [5.74, 6) is 6.45. The molecule has 88 valence electrons. The molecule has 0 aliphatic rings. The average molecular weight is 230 g/mol. The molecule has 4 nitrogen and oxygen atoms in total. The van der Waals surface area contributed by atoms with Crippen LogP contribution in [0, 0.1) is 6.92 Å². The standard InChI is InChI=1S/C13H14N2O2/c1-9-6-7-13(11(16)8-9)17-12-5-3-2-4-10(12)15-14/h2-8,15-16H,14H2,1H3. The number of nitrogens with two attached hydrogens (primary N) is 1. The summed E-state index contributed by atoms with van der Waals surface area (Å²) in [6.45, 7) is 1.90. The van der Waals surface area contributed by atoms with Crippen LogP contribution in [0.3, 0.4) is 0 Å². The lowest BCUT2D eigenvalue weighted by Crippen LogP contribution is -2.07. The Morgan fingerprint density at radius 3 is 2.59 bits per heavy atom. The minimum absolute atomic E-state index is 0.108. The molecule has 4 N–H and O–H groups in total. The highest BCUT2D eigenvalue weighted by molar-refractivity contribution is 5.57. The number of hydrazine groups is 1. The van der Waals surface area contributed by atoms with E-state index in [-0.39, 0.29) is 5.75 Å². The number of para-hydroxylation sites is 2. The molecule has 0 heterocycles. The number of phenols is 1. The molecule has 0 fully saturated rings. The number of anilines is 1. The van der Waals surface area contributed by atoms with Crippen molar-refractivity contribution in [2.24, 2.45) is 5.84 Å². The highest BCUT2D eigenvalue weighted by Crippen LogP contribution is 2.34. The van der Waals surface area contributed by atoms with Crippen molar-refractivity contribution in [3.05, 3.63) is 48.0 Å². The minimum atomic E-state index is 0.108. The number of phenolic OH excluding ortho intramolecular Hbond substituents is 1. The molecule has 0 unspecified atom stereocenters. The van der Waals surface area contributed by atoms with Crippen LogP contribution >= 0.6 is 0 Å². The van der Waals surface area contributed by atoms with E-state index in [0.717, 1.165) is 5.56 Å². The van der Waals surface area contributed by atoms with Gasteiger partial charge in [0.1, 0.15) is 0 Å². The van der Waals surface area contributed by atoms with Crippen LogP contribution in [0.2, 0.25) is 0 Å².